The van der Waals surface area contributed by atoms with Crippen molar-refractivity contribution in [3.05, 3.63) is 95.1 Å². The van der Waals surface area contributed by atoms with Crippen molar-refractivity contribution in [3.8, 4) is 5.75 Å². The lowest BCUT2D eigenvalue weighted by Gasteiger charge is -2.28. The zero-order chi connectivity index (χ0) is 18.6. The van der Waals surface area contributed by atoms with E-state index in [1.165, 1.54) is 24.3 Å². The highest BCUT2D eigenvalue weighted by Crippen LogP contribution is 2.23. The molecule has 0 radical (unpaired) electrons. The summed E-state index contributed by atoms with van der Waals surface area (Å²) in [5.41, 5.74) is 3.56. The minimum Gasteiger partial charge on any atom is -0.487 e. The summed E-state index contributed by atoms with van der Waals surface area (Å²) in [6.07, 6.45) is 2.43. The van der Waals surface area contributed by atoms with Gasteiger partial charge in [0.05, 0.1) is 6.20 Å². The number of carbonyl (C=O) groups is 1. The normalized spacial score (nSPS) is 13.1. The third kappa shape index (κ3) is 3.97. The number of rotatable bonds is 4. The van der Waals surface area contributed by atoms with Crippen molar-refractivity contribution in [1.82, 2.24) is 9.88 Å². The Morgan fingerprint density at radius 1 is 1.11 bits per heavy atom. The maximum absolute atomic E-state index is 13.1. The molecule has 2 heterocycles. The zero-order valence-electron chi connectivity index (χ0n) is 14.8. The van der Waals surface area contributed by atoms with Crippen LogP contribution in [0.3, 0.4) is 0 Å². The van der Waals surface area contributed by atoms with Crippen LogP contribution in [0.2, 0.25) is 0 Å². The molecule has 0 spiro atoms. The second kappa shape index (κ2) is 7.58. The predicted octanol–water partition coefficient (Wildman–Crippen LogP) is 4.00. The number of nitrogens with zero attached hydrogens (tertiary/aromatic N) is 2. The van der Waals surface area contributed by atoms with Crippen LogP contribution in [0.1, 0.15) is 27.2 Å². The molecule has 2 aromatic carbocycles. The summed E-state index contributed by atoms with van der Waals surface area (Å²) in [6, 6.07) is 17.5. The molecule has 27 heavy (non-hydrogen) atoms. The standard InChI is InChI=1S/C22H19FN2O2/c23-19-8-6-17(7-9-19)22(26)25-11-10-21-18(14-25)12-20(13-24-21)27-15-16-4-2-1-3-5-16/h1-9,12-13H,10-11,14-15H2. The minimum atomic E-state index is -0.347. The summed E-state index contributed by atoms with van der Waals surface area (Å²) in [6.45, 7) is 1.54. The summed E-state index contributed by atoms with van der Waals surface area (Å²) >= 11 is 0. The lowest BCUT2D eigenvalue weighted by Crippen LogP contribution is -2.36. The van der Waals surface area contributed by atoms with Gasteiger partial charge in [0, 0.05) is 30.8 Å². The van der Waals surface area contributed by atoms with Crippen molar-refractivity contribution in [2.75, 3.05) is 6.54 Å². The molecule has 0 saturated carbocycles. The van der Waals surface area contributed by atoms with Crippen LogP contribution in [-0.2, 0) is 19.6 Å². The lowest BCUT2D eigenvalue weighted by atomic mass is 10.0. The van der Waals surface area contributed by atoms with Gasteiger partial charge in [-0.25, -0.2) is 4.39 Å². The molecule has 1 aromatic heterocycles. The van der Waals surface area contributed by atoms with Crippen LogP contribution < -0.4 is 4.74 Å². The smallest absolute Gasteiger partial charge is 0.254 e. The second-order valence-corrected chi connectivity index (χ2v) is 6.53. The van der Waals surface area contributed by atoms with Crippen LogP contribution in [0.15, 0.2) is 66.9 Å². The van der Waals surface area contributed by atoms with Crippen molar-refractivity contribution in [2.45, 2.75) is 19.6 Å². The van der Waals surface area contributed by atoms with Gasteiger partial charge in [0.1, 0.15) is 18.2 Å². The van der Waals surface area contributed by atoms with Crippen LogP contribution in [0.5, 0.6) is 5.75 Å². The monoisotopic (exact) mass is 362 g/mol. The first kappa shape index (κ1) is 17.2. The van der Waals surface area contributed by atoms with E-state index in [1.807, 2.05) is 36.4 Å². The fraction of sp³-hybridized carbons (Fsp3) is 0.182. The van der Waals surface area contributed by atoms with Gasteiger partial charge in [0.15, 0.2) is 0 Å². The van der Waals surface area contributed by atoms with Gasteiger partial charge in [-0.2, -0.15) is 0 Å². The third-order valence-corrected chi connectivity index (χ3v) is 4.64. The highest BCUT2D eigenvalue weighted by atomic mass is 19.1. The molecule has 1 amide bonds. The number of hydrogen-bond acceptors (Lipinski definition) is 3. The van der Waals surface area contributed by atoms with E-state index in [0.717, 1.165) is 16.8 Å². The minimum absolute atomic E-state index is 0.101. The number of fused-ring (bicyclic) bond motifs is 1. The molecule has 0 fully saturated rings. The number of amides is 1. The quantitative estimate of drug-likeness (QED) is 0.705. The Kier molecular flexibility index (Phi) is 4.83. The van der Waals surface area contributed by atoms with Gasteiger partial charge in [-0.3, -0.25) is 9.78 Å². The van der Waals surface area contributed by atoms with E-state index in [-0.39, 0.29) is 11.7 Å². The summed E-state index contributed by atoms with van der Waals surface area (Å²) < 4.78 is 18.9. The van der Waals surface area contributed by atoms with Gasteiger partial charge in [0.2, 0.25) is 0 Å². The number of pyridine rings is 1. The average Bonchev–Trinajstić information content (AvgIpc) is 2.72. The number of ether oxygens (including phenoxy) is 1. The zero-order valence-corrected chi connectivity index (χ0v) is 14.8. The van der Waals surface area contributed by atoms with E-state index >= 15 is 0 Å². The van der Waals surface area contributed by atoms with E-state index < -0.39 is 0 Å². The molecule has 1 aliphatic heterocycles. The van der Waals surface area contributed by atoms with Crippen LogP contribution in [-0.4, -0.2) is 22.3 Å². The van der Waals surface area contributed by atoms with Crippen molar-refractivity contribution in [2.24, 2.45) is 0 Å². The van der Waals surface area contributed by atoms with Gasteiger partial charge in [-0.1, -0.05) is 30.3 Å². The number of aromatic nitrogens is 1. The number of halogens is 1. The Labute approximate surface area is 157 Å². The highest BCUT2D eigenvalue weighted by Gasteiger charge is 2.23. The third-order valence-electron chi connectivity index (χ3n) is 4.64. The number of benzene rings is 2. The van der Waals surface area contributed by atoms with Gasteiger partial charge < -0.3 is 9.64 Å². The fourth-order valence-electron chi connectivity index (χ4n) is 3.17. The summed E-state index contributed by atoms with van der Waals surface area (Å²) in [4.78, 5) is 18.9. The van der Waals surface area contributed by atoms with Gasteiger partial charge in [-0.05, 0) is 41.5 Å². The molecule has 0 unspecified atom stereocenters. The molecular formula is C22H19FN2O2. The van der Waals surface area contributed by atoms with Crippen LogP contribution in [0, 0.1) is 5.82 Å². The number of hydrogen-bond donors (Lipinski definition) is 0. The molecular weight excluding hydrogens is 343 g/mol. The highest BCUT2D eigenvalue weighted by molar-refractivity contribution is 5.94. The Morgan fingerprint density at radius 2 is 1.89 bits per heavy atom. The summed E-state index contributed by atoms with van der Waals surface area (Å²) in [5, 5.41) is 0. The molecule has 4 rings (SSSR count). The Hall–Kier alpha value is -3.21. The maximum Gasteiger partial charge on any atom is 0.254 e. The largest absolute Gasteiger partial charge is 0.487 e. The Morgan fingerprint density at radius 3 is 2.67 bits per heavy atom. The van der Waals surface area contributed by atoms with Gasteiger partial charge in [-0.15, -0.1) is 0 Å². The lowest BCUT2D eigenvalue weighted by molar-refractivity contribution is 0.0733. The molecule has 0 saturated heterocycles. The average molecular weight is 362 g/mol. The van der Waals surface area contributed by atoms with Crippen LogP contribution in [0.25, 0.3) is 0 Å². The molecule has 136 valence electrons. The first-order valence-electron chi connectivity index (χ1n) is 8.88. The molecule has 5 heteroatoms. The summed E-state index contributed by atoms with van der Waals surface area (Å²) in [7, 11) is 0. The first-order valence-corrected chi connectivity index (χ1v) is 8.88. The van der Waals surface area contributed by atoms with E-state index in [2.05, 4.69) is 4.98 Å². The summed E-state index contributed by atoms with van der Waals surface area (Å²) in [5.74, 6) is 0.241. The van der Waals surface area contributed by atoms with E-state index in [4.69, 9.17) is 4.74 Å². The van der Waals surface area contributed by atoms with Crippen molar-refractivity contribution < 1.29 is 13.9 Å². The van der Waals surface area contributed by atoms with E-state index in [0.29, 0.717) is 37.4 Å². The SMILES string of the molecule is O=C(c1ccc(F)cc1)N1CCc2ncc(OCc3ccccc3)cc2C1. The predicted molar refractivity (Wildman–Crippen MR) is 99.9 cm³/mol. The molecule has 0 atom stereocenters. The number of carbonyl (C=O) groups excluding carboxylic acids is 1. The van der Waals surface area contributed by atoms with E-state index in [9.17, 15) is 9.18 Å². The Balaban J connectivity index is 1.46. The Bertz CT molecular complexity index is 942. The molecule has 0 N–H and O–H groups in total. The first-order chi connectivity index (χ1) is 13.2. The van der Waals surface area contributed by atoms with Crippen molar-refractivity contribution in [3.63, 3.8) is 0 Å². The molecule has 4 nitrogen and oxygen atoms in total. The van der Waals surface area contributed by atoms with Crippen molar-refractivity contribution in [1.29, 1.82) is 0 Å². The van der Waals surface area contributed by atoms with Crippen molar-refractivity contribution >= 4 is 5.91 Å². The molecule has 0 aliphatic carbocycles. The van der Waals surface area contributed by atoms with Gasteiger partial charge in [0.25, 0.3) is 5.91 Å². The molecule has 0 bridgehead atoms. The molecule has 3 aromatic rings. The topological polar surface area (TPSA) is 42.4 Å². The van der Waals surface area contributed by atoms with Crippen LogP contribution >= 0.6 is 0 Å². The fourth-order valence-corrected chi connectivity index (χ4v) is 3.17. The van der Waals surface area contributed by atoms with Gasteiger partial charge >= 0.3 is 0 Å². The van der Waals surface area contributed by atoms with E-state index in [1.54, 1.807) is 11.1 Å². The second-order valence-electron chi connectivity index (χ2n) is 6.53. The maximum atomic E-state index is 13.1. The van der Waals surface area contributed by atoms with Crippen LogP contribution in [0.4, 0.5) is 4.39 Å². The molecule has 1 aliphatic rings.